The Morgan fingerprint density at radius 1 is 1.16 bits per heavy atom. The van der Waals surface area contributed by atoms with E-state index in [0.29, 0.717) is 43.3 Å². The maximum absolute atomic E-state index is 12.5. The Bertz CT molecular complexity index is 645. The summed E-state index contributed by atoms with van der Waals surface area (Å²) in [6.45, 7) is 6.10. The van der Waals surface area contributed by atoms with Crippen LogP contribution in [-0.2, 0) is 4.79 Å². The predicted octanol–water partition coefficient (Wildman–Crippen LogP) is 1.33. The number of halogens is 1. The van der Waals surface area contributed by atoms with E-state index in [1.807, 2.05) is 4.90 Å². The van der Waals surface area contributed by atoms with Gasteiger partial charge in [0.2, 0.25) is 5.91 Å². The van der Waals surface area contributed by atoms with Gasteiger partial charge in [-0.15, -0.1) is 0 Å². The Balaban J connectivity index is 1.88. The second kappa shape index (κ2) is 8.82. The van der Waals surface area contributed by atoms with Gasteiger partial charge in [0.05, 0.1) is 16.6 Å². The van der Waals surface area contributed by atoms with Gasteiger partial charge in [0.25, 0.3) is 5.91 Å². The van der Waals surface area contributed by atoms with Gasteiger partial charge in [-0.2, -0.15) is 0 Å². The first-order chi connectivity index (χ1) is 11.9. The number of imide groups is 1. The highest BCUT2D eigenvalue weighted by atomic mass is 35.5. The molecule has 1 saturated heterocycles. The average Bonchev–Trinajstić information content (AvgIpc) is 2.61. The van der Waals surface area contributed by atoms with Crippen LogP contribution in [-0.4, -0.2) is 66.4 Å². The van der Waals surface area contributed by atoms with E-state index < -0.39 is 12.1 Å². The molecular formula is C17H23ClN4O3. The zero-order valence-corrected chi connectivity index (χ0v) is 15.2. The van der Waals surface area contributed by atoms with Crippen LogP contribution in [0.15, 0.2) is 24.3 Å². The number of amides is 4. The Morgan fingerprint density at radius 3 is 2.40 bits per heavy atom. The van der Waals surface area contributed by atoms with E-state index in [1.165, 1.54) is 0 Å². The first-order valence-electron chi connectivity index (χ1n) is 8.30. The minimum atomic E-state index is -0.494. The number of carbonyl (C=O) groups excluding carboxylic acids is 3. The maximum atomic E-state index is 12.5. The van der Waals surface area contributed by atoms with Gasteiger partial charge in [-0.25, -0.2) is 4.79 Å². The lowest BCUT2D eigenvalue weighted by molar-refractivity contribution is -0.125. The van der Waals surface area contributed by atoms with Crippen molar-refractivity contribution in [3.63, 3.8) is 0 Å². The Labute approximate surface area is 152 Å². The van der Waals surface area contributed by atoms with Crippen LogP contribution in [0.1, 0.15) is 24.2 Å². The van der Waals surface area contributed by atoms with Crippen LogP contribution < -0.4 is 10.6 Å². The molecule has 1 heterocycles. The number of urea groups is 1. The lowest BCUT2D eigenvalue weighted by atomic mass is 10.1. The van der Waals surface area contributed by atoms with Gasteiger partial charge in [-0.1, -0.05) is 23.7 Å². The minimum Gasteiger partial charge on any atom is -0.338 e. The molecule has 0 unspecified atom stereocenters. The van der Waals surface area contributed by atoms with Crippen molar-refractivity contribution >= 4 is 29.4 Å². The molecule has 1 aromatic rings. The van der Waals surface area contributed by atoms with Crippen molar-refractivity contribution < 1.29 is 14.4 Å². The molecule has 1 atom stereocenters. The standard InChI is InChI=1S/C17H23ClN4O3/c1-3-19-17(25)20-15(23)12(2)21-8-10-22(11-9-21)16(24)13-6-4-5-7-14(13)18/h4-7,12H,3,8-11H2,1-2H3,(H2,19,20,23,25)/t12-/m0/s1. The van der Waals surface area contributed by atoms with E-state index in [1.54, 1.807) is 43.0 Å². The second-order valence-electron chi connectivity index (χ2n) is 5.83. The molecule has 2 N–H and O–H groups in total. The number of piperazine rings is 1. The van der Waals surface area contributed by atoms with Gasteiger partial charge in [0.1, 0.15) is 0 Å². The smallest absolute Gasteiger partial charge is 0.321 e. The summed E-state index contributed by atoms with van der Waals surface area (Å²) < 4.78 is 0. The third kappa shape index (κ3) is 4.93. The number of nitrogens with zero attached hydrogens (tertiary/aromatic N) is 2. The fourth-order valence-corrected chi connectivity index (χ4v) is 2.92. The molecule has 0 aliphatic carbocycles. The molecule has 1 aromatic carbocycles. The first kappa shape index (κ1) is 19.2. The van der Waals surface area contributed by atoms with Gasteiger partial charge in [0, 0.05) is 32.7 Å². The molecule has 0 spiro atoms. The van der Waals surface area contributed by atoms with Crippen molar-refractivity contribution in [1.29, 1.82) is 0 Å². The summed E-state index contributed by atoms with van der Waals surface area (Å²) in [7, 11) is 0. The van der Waals surface area contributed by atoms with Crippen LogP contribution in [0, 0.1) is 0 Å². The molecule has 0 radical (unpaired) electrons. The van der Waals surface area contributed by atoms with Crippen LogP contribution >= 0.6 is 11.6 Å². The molecule has 2 rings (SSSR count). The minimum absolute atomic E-state index is 0.107. The van der Waals surface area contributed by atoms with Crippen molar-refractivity contribution in [1.82, 2.24) is 20.4 Å². The van der Waals surface area contributed by atoms with Crippen LogP contribution in [0.5, 0.6) is 0 Å². The molecule has 4 amide bonds. The second-order valence-corrected chi connectivity index (χ2v) is 6.24. The van der Waals surface area contributed by atoms with Gasteiger partial charge in [-0.3, -0.25) is 19.8 Å². The quantitative estimate of drug-likeness (QED) is 0.842. The molecular weight excluding hydrogens is 344 g/mol. The summed E-state index contributed by atoms with van der Waals surface area (Å²) in [5.41, 5.74) is 0.486. The monoisotopic (exact) mass is 366 g/mol. The zero-order valence-electron chi connectivity index (χ0n) is 14.4. The van der Waals surface area contributed by atoms with Crippen LogP contribution in [0.25, 0.3) is 0 Å². The topological polar surface area (TPSA) is 81.8 Å². The summed E-state index contributed by atoms with van der Waals surface area (Å²) in [6, 6.07) is 6.03. The fraction of sp³-hybridized carbons (Fsp3) is 0.471. The highest BCUT2D eigenvalue weighted by molar-refractivity contribution is 6.33. The Morgan fingerprint density at radius 2 is 1.80 bits per heavy atom. The van der Waals surface area contributed by atoms with Crippen molar-refractivity contribution in [2.24, 2.45) is 0 Å². The Kier molecular flexibility index (Phi) is 6.78. The van der Waals surface area contributed by atoms with Crippen molar-refractivity contribution in [2.45, 2.75) is 19.9 Å². The molecule has 0 saturated carbocycles. The number of benzene rings is 1. The molecule has 0 aromatic heterocycles. The van der Waals surface area contributed by atoms with E-state index in [0.717, 1.165) is 0 Å². The van der Waals surface area contributed by atoms with Crippen LogP contribution in [0.4, 0.5) is 4.79 Å². The summed E-state index contributed by atoms with van der Waals surface area (Å²) >= 11 is 6.08. The fourth-order valence-electron chi connectivity index (χ4n) is 2.70. The largest absolute Gasteiger partial charge is 0.338 e. The average molecular weight is 367 g/mol. The van der Waals surface area contributed by atoms with Gasteiger partial charge in [-0.05, 0) is 26.0 Å². The van der Waals surface area contributed by atoms with E-state index in [4.69, 9.17) is 11.6 Å². The zero-order chi connectivity index (χ0) is 18.4. The third-order valence-corrected chi connectivity index (χ3v) is 4.54. The molecule has 0 bridgehead atoms. The molecule has 1 fully saturated rings. The predicted molar refractivity (Wildman–Crippen MR) is 95.6 cm³/mol. The lowest BCUT2D eigenvalue weighted by Gasteiger charge is -2.37. The highest BCUT2D eigenvalue weighted by Gasteiger charge is 2.29. The normalized spacial score (nSPS) is 16.2. The van der Waals surface area contributed by atoms with Crippen molar-refractivity contribution in [2.75, 3.05) is 32.7 Å². The first-order valence-corrected chi connectivity index (χ1v) is 8.68. The maximum Gasteiger partial charge on any atom is 0.321 e. The molecule has 7 nitrogen and oxygen atoms in total. The summed E-state index contributed by atoms with van der Waals surface area (Å²) in [5.74, 6) is -0.457. The number of hydrogen-bond acceptors (Lipinski definition) is 4. The number of carbonyl (C=O) groups is 3. The van der Waals surface area contributed by atoms with Crippen LogP contribution in [0.2, 0.25) is 5.02 Å². The van der Waals surface area contributed by atoms with Gasteiger partial charge >= 0.3 is 6.03 Å². The molecule has 1 aliphatic heterocycles. The third-order valence-electron chi connectivity index (χ3n) is 4.21. The van der Waals surface area contributed by atoms with Gasteiger partial charge in [0.15, 0.2) is 0 Å². The van der Waals surface area contributed by atoms with Gasteiger partial charge < -0.3 is 10.2 Å². The molecule has 1 aliphatic rings. The lowest BCUT2D eigenvalue weighted by Crippen LogP contribution is -2.56. The van der Waals surface area contributed by atoms with Crippen LogP contribution in [0.3, 0.4) is 0 Å². The summed E-state index contributed by atoms with van der Waals surface area (Å²) in [4.78, 5) is 39.8. The molecule has 25 heavy (non-hydrogen) atoms. The van der Waals surface area contributed by atoms with Crippen molar-refractivity contribution in [3.05, 3.63) is 34.9 Å². The SMILES string of the molecule is CCNC(=O)NC(=O)[C@H](C)N1CCN(C(=O)c2ccccc2Cl)CC1. The van der Waals surface area contributed by atoms with E-state index in [9.17, 15) is 14.4 Å². The van der Waals surface area contributed by atoms with E-state index in [-0.39, 0.29) is 11.8 Å². The summed E-state index contributed by atoms with van der Waals surface area (Å²) in [6.07, 6.45) is 0. The summed E-state index contributed by atoms with van der Waals surface area (Å²) in [5, 5.41) is 5.28. The van der Waals surface area contributed by atoms with E-state index in [2.05, 4.69) is 10.6 Å². The number of hydrogen-bond donors (Lipinski definition) is 2. The van der Waals surface area contributed by atoms with E-state index >= 15 is 0 Å². The number of nitrogens with one attached hydrogen (secondary N) is 2. The molecule has 136 valence electrons. The van der Waals surface area contributed by atoms with Crippen molar-refractivity contribution in [3.8, 4) is 0 Å². The Hall–Kier alpha value is -2.12. The highest BCUT2D eigenvalue weighted by Crippen LogP contribution is 2.18. The molecule has 8 heteroatoms. The number of rotatable bonds is 4.